The van der Waals surface area contributed by atoms with Gasteiger partial charge in [-0.2, -0.15) is 0 Å². The number of nitrogens with one attached hydrogen (secondary N) is 2. The summed E-state index contributed by atoms with van der Waals surface area (Å²) in [6.07, 6.45) is 6.12. The van der Waals surface area contributed by atoms with Crippen LogP contribution in [0.2, 0.25) is 0 Å². The van der Waals surface area contributed by atoms with Crippen molar-refractivity contribution in [3.8, 4) is 0 Å². The Kier molecular flexibility index (Phi) is 11.9. The number of rotatable bonds is 11. The van der Waals surface area contributed by atoms with E-state index in [1.165, 1.54) is 58.3 Å². The summed E-state index contributed by atoms with van der Waals surface area (Å²) in [7, 11) is 0. The molecule has 0 spiro atoms. The largest absolute Gasteiger partial charge is 0.357 e. The molecule has 0 saturated carbocycles. The van der Waals surface area contributed by atoms with Crippen LogP contribution in [0.5, 0.6) is 0 Å². The highest BCUT2D eigenvalue weighted by Crippen LogP contribution is 2.10. The third-order valence-electron chi connectivity index (χ3n) is 4.86. The first kappa shape index (κ1) is 21.2. The molecule has 0 radical (unpaired) electrons. The van der Waals surface area contributed by atoms with Gasteiger partial charge in [-0.15, -0.1) is 0 Å². The van der Waals surface area contributed by atoms with E-state index in [1.807, 2.05) is 0 Å². The predicted molar refractivity (Wildman–Crippen MR) is 106 cm³/mol. The standard InChI is InChI=1S/C19H41N5/c1-5-14-24-16-11-18(12-17-24)22-19(20-6-2)21-13-9-10-15-23(7-3)8-4/h18H,5-17H2,1-4H3,(H2,20,21,22). The molecule has 24 heavy (non-hydrogen) atoms. The van der Waals surface area contributed by atoms with Gasteiger partial charge in [0.25, 0.3) is 0 Å². The van der Waals surface area contributed by atoms with E-state index in [2.05, 4.69) is 48.1 Å². The van der Waals surface area contributed by atoms with Crippen LogP contribution in [-0.4, -0.2) is 74.2 Å². The van der Waals surface area contributed by atoms with Gasteiger partial charge in [-0.3, -0.25) is 4.99 Å². The molecule has 0 unspecified atom stereocenters. The smallest absolute Gasteiger partial charge is 0.191 e. The molecular weight excluding hydrogens is 298 g/mol. The molecule has 1 heterocycles. The number of piperidine rings is 1. The van der Waals surface area contributed by atoms with E-state index in [1.54, 1.807) is 0 Å². The van der Waals surface area contributed by atoms with Crippen LogP contribution in [-0.2, 0) is 0 Å². The topological polar surface area (TPSA) is 42.9 Å². The number of guanidine groups is 1. The Balaban J connectivity index is 2.27. The summed E-state index contributed by atoms with van der Waals surface area (Å²) in [6.45, 7) is 17.9. The number of hydrogen-bond acceptors (Lipinski definition) is 3. The molecule has 2 N–H and O–H groups in total. The number of unbranched alkanes of at least 4 members (excludes halogenated alkanes) is 1. The van der Waals surface area contributed by atoms with Gasteiger partial charge in [-0.1, -0.05) is 20.8 Å². The van der Waals surface area contributed by atoms with Crippen molar-refractivity contribution >= 4 is 5.96 Å². The molecule has 1 fully saturated rings. The summed E-state index contributed by atoms with van der Waals surface area (Å²) in [5, 5.41) is 7.05. The van der Waals surface area contributed by atoms with Crippen LogP contribution in [0.15, 0.2) is 4.99 Å². The molecular formula is C19H41N5. The summed E-state index contributed by atoms with van der Waals surface area (Å²) in [5.74, 6) is 1.01. The van der Waals surface area contributed by atoms with Gasteiger partial charge in [0.1, 0.15) is 0 Å². The van der Waals surface area contributed by atoms with E-state index >= 15 is 0 Å². The van der Waals surface area contributed by atoms with Gasteiger partial charge in [0.15, 0.2) is 5.96 Å². The van der Waals surface area contributed by atoms with E-state index < -0.39 is 0 Å². The summed E-state index contributed by atoms with van der Waals surface area (Å²) in [4.78, 5) is 9.84. The van der Waals surface area contributed by atoms with Crippen LogP contribution in [0.1, 0.15) is 59.8 Å². The van der Waals surface area contributed by atoms with Gasteiger partial charge in [0.2, 0.25) is 0 Å². The van der Waals surface area contributed by atoms with Gasteiger partial charge in [-0.05, 0) is 65.2 Å². The monoisotopic (exact) mass is 339 g/mol. The molecule has 5 nitrogen and oxygen atoms in total. The zero-order valence-electron chi connectivity index (χ0n) is 16.6. The Hall–Kier alpha value is -0.810. The lowest BCUT2D eigenvalue weighted by molar-refractivity contribution is 0.206. The zero-order chi connectivity index (χ0) is 17.6. The summed E-state index contributed by atoms with van der Waals surface area (Å²) in [6, 6.07) is 0.576. The summed E-state index contributed by atoms with van der Waals surface area (Å²) >= 11 is 0. The van der Waals surface area contributed by atoms with Crippen LogP contribution in [0.25, 0.3) is 0 Å². The summed E-state index contributed by atoms with van der Waals surface area (Å²) < 4.78 is 0. The second kappa shape index (κ2) is 13.5. The number of hydrogen-bond donors (Lipinski definition) is 2. The van der Waals surface area contributed by atoms with Crippen molar-refractivity contribution in [3.05, 3.63) is 0 Å². The maximum atomic E-state index is 4.77. The lowest BCUT2D eigenvalue weighted by atomic mass is 10.1. The second-order valence-corrected chi connectivity index (χ2v) is 6.75. The van der Waals surface area contributed by atoms with Gasteiger partial charge < -0.3 is 20.4 Å². The quantitative estimate of drug-likeness (QED) is 0.345. The van der Waals surface area contributed by atoms with Crippen molar-refractivity contribution < 1.29 is 0 Å². The van der Waals surface area contributed by atoms with Crippen molar-refractivity contribution in [1.29, 1.82) is 0 Å². The number of aliphatic imine (C=N–C) groups is 1. The minimum Gasteiger partial charge on any atom is -0.357 e. The molecule has 0 atom stereocenters. The Labute approximate surface area is 150 Å². The Morgan fingerprint density at radius 1 is 1.08 bits per heavy atom. The Morgan fingerprint density at radius 3 is 2.38 bits per heavy atom. The summed E-state index contributed by atoms with van der Waals surface area (Å²) in [5.41, 5.74) is 0. The number of likely N-dealkylation sites (tertiary alicyclic amines) is 1. The zero-order valence-corrected chi connectivity index (χ0v) is 16.6. The fraction of sp³-hybridized carbons (Fsp3) is 0.947. The van der Waals surface area contributed by atoms with Crippen molar-refractivity contribution in [2.45, 2.75) is 65.8 Å². The first-order chi connectivity index (χ1) is 11.7. The first-order valence-electron chi connectivity index (χ1n) is 10.2. The van der Waals surface area contributed by atoms with Crippen LogP contribution in [0.4, 0.5) is 0 Å². The molecule has 5 heteroatoms. The van der Waals surface area contributed by atoms with Crippen molar-refractivity contribution in [2.24, 2.45) is 4.99 Å². The molecule has 1 aliphatic rings. The van der Waals surface area contributed by atoms with Gasteiger partial charge >= 0.3 is 0 Å². The highest BCUT2D eigenvalue weighted by Gasteiger charge is 2.19. The molecule has 1 saturated heterocycles. The molecule has 0 aliphatic carbocycles. The highest BCUT2D eigenvalue weighted by atomic mass is 15.2. The third kappa shape index (κ3) is 8.88. The lowest BCUT2D eigenvalue weighted by Gasteiger charge is -2.32. The third-order valence-corrected chi connectivity index (χ3v) is 4.86. The van der Waals surface area contributed by atoms with Crippen molar-refractivity contribution in [1.82, 2.24) is 20.4 Å². The van der Waals surface area contributed by atoms with Gasteiger partial charge in [0.05, 0.1) is 0 Å². The molecule has 0 aromatic heterocycles. The first-order valence-corrected chi connectivity index (χ1v) is 10.2. The van der Waals surface area contributed by atoms with E-state index in [9.17, 15) is 0 Å². The van der Waals surface area contributed by atoms with E-state index in [4.69, 9.17) is 4.99 Å². The van der Waals surface area contributed by atoms with E-state index in [-0.39, 0.29) is 0 Å². The van der Waals surface area contributed by atoms with Crippen LogP contribution >= 0.6 is 0 Å². The van der Waals surface area contributed by atoms with E-state index in [0.29, 0.717) is 6.04 Å². The minimum atomic E-state index is 0.576. The fourth-order valence-electron chi connectivity index (χ4n) is 3.31. The maximum Gasteiger partial charge on any atom is 0.191 e. The highest BCUT2D eigenvalue weighted by molar-refractivity contribution is 5.80. The fourth-order valence-corrected chi connectivity index (χ4v) is 3.31. The van der Waals surface area contributed by atoms with Crippen LogP contribution in [0.3, 0.4) is 0 Å². The minimum absolute atomic E-state index is 0.576. The lowest BCUT2D eigenvalue weighted by Crippen LogP contribution is -2.48. The van der Waals surface area contributed by atoms with Crippen LogP contribution < -0.4 is 10.6 Å². The molecule has 0 bridgehead atoms. The van der Waals surface area contributed by atoms with Crippen molar-refractivity contribution in [3.63, 3.8) is 0 Å². The molecule has 0 aromatic rings. The molecule has 142 valence electrons. The average Bonchev–Trinajstić information content (AvgIpc) is 2.60. The number of nitrogens with zero attached hydrogens (tertiary/aromatic N) is 3. The van der Waals surface area contributed by atoms with Crippen molar-refractivity contribution in [2.75, 3.05) is 52.4 Å². The Morgan fingerprint density at radius 2 is 1.79 bits per heavy atom. The molecule has 0 aromatic carbocycles. The van der Waals surface area contributed by atoms with E-state index in [0.717, 1.165) is 32.1 Å². The predicted octanol–water partition coefficient (Wildman–Crippen LogP) is 2.54. The molecule has 0 amide bonds. The maximum absolute atomic E-state index is 4.77. The SMILES string of the molecule is CCCN1CCC(NC(=NCCCCN(CC)CC)NCC)CC1. The van der Waals surface area contributed by atoms with Gasteiger partial charge in [-0.25, -0.2) is 0 Å². The second-order valence-electron chi connectivity index (χ2n) is 6.75. The van der Waals surface area contributed by atoms with Gasteiger partial charge in [0, 0.05) is 32.2 Å². The molecule has 1 aliphatic heterocycles. The van der Waals surface area contributed by atoms with Crippen LogP contribution in [0, 0.1) is 0 Å². The normalized spacial score (nSPS) is 17.5. The Bertz CT molecular complexity index is 320. The average molecular weight is 340 g/mol. The molecule has 1 rings (SSSR count).